The molecular weight excluding hydrogens is 318 g/mol. The van der Waals surface area contributed by atoms with Gasteiger partial charge in [0.25, 0.3) is 5.78 Å². The van der Waals surface area contributed by atoms with E-state index in [0.29, 0.717) is 15.6 Å². The second-order valence-electron chi connectivity index (χ2n) is 3.86. The van der Waals surface area contributed by atoms with Crippen molar-refractivity contribution in [1.29, 1.82) is 0 Å². The number of aromatic nitrogens is 3. The topological polar surface area (TPSA) is 47.8 Å². The van der Waals surface area contributed by atoms with Crippen LogP contribution in [0.25, 0.3) is 0 Å². The van der Waals surface area contributed by atoms with Crippen molar-refractivity contribution in [1.82, 2.24) is 15.0 Å². The van der Waals surface area contributed by atoms with Crippen LogP contribution < -0.4 is 0 Å². The molecule has 0 spiro atoms. The second-order valence-corrected chi connectivity index (χ2v) is 4.71. The first-order valence-electron chi connectivity index (χ1n) is 5.23. The van der Waals surface area contributed by atoms with Gasteiger partial charge in [0.15, 0.2) is 5.69 Å². The second kappa shape index (κ2) is 5.41. The molecule has 0 radical (unpaired) electrons. The number of hydrogen-bond donors (Lipinski definition) is 0. The van der Waals surface area contributed by atoms with Gasteiger partial charge in [-0.1, -0.05) is 34.5 Å². The number of carbonyl (C=O) groups is 1. The molecule has 0 saturated heterocycles. The Morgan fingerprint density at radius 2 is 2.00 bits per heavy atom. The van der Waals surface area contributed by atoms with Crippen LogP contribution in [-0.2, 0) is 6.54 Å². The van der Waals surface area contributed by atoms with Crippen LogP contribution in [0, 0.1) is 0 Å². The predicted octanol–water partition coefficient (Wildman–Crippen LogP) is 3.38. The van der Waals surface area contributed by atoms with Crippen LogP contribution in [0.3, 0.4) is 0 Å². The molecule has 4 nitrogen and oxygen atoms in total. The van der Waals surface area contributed by atoms with Gasteiger partial charge < -0.3 is 0 Å². The molecule has 106 valence electrons. The number of alkyl halides is 3. The molecule has 0 unspecified atom stereocenters. The van der Waals surface area contributed by atoms with Crippen molar-refractivity contribution in [2.45, 2.75) is 12.7 Å². The van der Waals surface area contributed by atoms with Crippen molar-refractivity contribution >= 4 is 29.0 Å². The molecule has 0 fully saturated rings. The van der Waals surface area contributed by atoms with Crippen LogP contribution in [-0.4, -0.2) is 27.0 Å². The van der Waals surface area contributed by atoms with Gasteiger partial charge in [-0.05, 0) is 17.7 Å². The number of carbonyl (C=O) groups excluding carboxylic acids is 1. The molecule has 1 aromatic heterocycles. The normalized spacial score (nSPS) is 11.7. The standard InChI is InChI=1S/C11H6Cl2F3N3O/c12-7-2-1-6(8(13)3-7)4-19-5-9(17-18-19)10(20)11(14,15)16/h1-3,5H,4H2. The number of nitrogens with zero attached hydrogens (tertiary/aromatic N) is 3. The summed E-state index contributed by atoms with van der Waals surface area (Å²) in [5.74, 6) is -2.04. The highest BCUT2D eigenvalue weighted by Crippen LogP contribution is 2.22. The average molecular weight is 324 g/mol. The zero-order valence-electron chi connectivity index (χ0n) is 9.66. The minimum absolute atomic E-state index is 0.0775. The maximum absolute atomic E-state index is 12.2. The molecule has 20 heavy (non-hydrogen) atoms. The Labute approximate surface area is 121 Å². The van der Waals surface area contributed by atoms with Crippen molar-refractivity contribution in [2.24, 2.45) is 0 Å². The fourth-order valence-corrected chi connectivity index (χ4v) is 1.92. The van der Waals surface area contributed by atoms with E-state index in [0.717, 1.165) is 10.9 Å². The fourth-order valence-electron chi connectivity index (χ4n) is 1.45. The highest BCUT2D eigenvalue weighted by molar-refractivity contribution is 6.35. The molecule has 9 heteroatoms. The summed E-state index contributed by atoms with van der Waals surface area (Å²) in [6.07, 6.45) is -4.06. The monoisotopic (exact) mass is 323 g/mol. The van der Waals surface area contributed by atoms with Gasteiger partial charge in [-0.15, -0.1) is 5.10 Å². The first-order chi connectivity index (χ1) is 9.27. The summed E-state index contributed by atoms with van der Waals surface area (Å²) in [7, 11) is 0. The zero-order valence-corrected chi connectivity index (χ0v) is 11.2. The van der Waals surface area contributed by atoms with Gasteiger partial charge in [-0.25, -0.2) is 4.68 Å². The molecule has 1 aromatic carbocycles. The van der Waals surface area contributed by atoms with Gasteiger partial charge >= 0.3 is 6.18 Å². The largest absolute Gasteiger partial charge is 0.456 e. The molecule has 0 aliphatic heterocycles. The van der Waals surface area contributed by atoms with Gasteiger partial charge in [0.2, 0.25) is 0 Å². The van der Waals surface area contributed by atoms with E-state index in [1.54, 1.807) is 12.1 Å². The molecule has 2 rings (SSSR count). The van der Waals surface area contributed by atoms with Gasteiger partial charge in [-0.2, -0.15) is 13.2 Å². The lowest BCUT2D eigenvalue weighted by atomic mass is 10.2. The van der Waals surface area contributed by atoms with Crippen molar-refractivity contribution in [3.8, 4) is 0 Å². The Morgan fingerprint density at radius 3 is 2.60 bits per heavy atom. The van der Waals surface area contributed by atoms with Crippen LogP contribution in [0.5, 0.6) is 0 Å². The molecule has 2 aromatic rings. The highest BCUT2D eigenvalue weighted by atomic mass is 35.5. The Balaban J connectivity index is 2.20. The third-order valence-corrected chi connectivity index (χ3v) is 2.96. The maximum atomic E-state index is 12.2. The average Bonchev–Trinajstić information content (AvgIpc) is 2.79. The molecule has 0 aliphatic rings. The van der Waals surface area contributed by atoms with Crippen LogP contribution in [0.1, 0.15) is 16.1 Å². The van der Waals surface area contributed by atoms with Crippen molar-refractivity contribution in [2.75, 3.05) is 0 Å². The maximum Gasteiger partial charge on any atom is 0.456 e. The van der Waals surface area contributed by atoms with Crippen molar-refractivity contribution < 1.29 is 18.0 Å². The van der Waals surface area contributed by atoms with E-state index in [1.807, 2.05) is 0 Å². The summed E-state index contributed by atoms with van der Waals surface area (Å²) in [6, 6.07) is 4.69. The summed E-state index contributed by atoms with van der Waals surface area (Å²) >= 11 is 11.7. The first-order valence-corrected chi connectivity index (χ1v) is 5.98. The van der Waals surface area contributed by atoms with E-state index in [9.17, 15) is 18.0 Å². The van der Waals surface area contributed by atoms with E-state index in [2.05, 4.69) is 10.3 Å². The molecular formula is C11H6Cl2F3N3O. The molecule has 0 amide bonds. The Bertz CT molecular complexity index is 655. The number of rotatable bonds is 3. The Hall–Kier alpha value is -1.60. The fraction of sp³-hybridized carbons (Fsp3) is 0.182. The number of halogens is 5. The number of ketones is 1. The molecule has 0 atom stereocenters. The lowest BCUT2D eigenvalue weighted by Crippen LogP contribution is -2.23. The zero-order chi connectivity index (χ0) is 14.9. The third-order valence-electron chi connectivity index (χ3n) is 2.38. The molecule has 0 saturated carbocycles. The highest BCUT2D eigenvalue weighted by Gasteiger charge is 2.41. The summed E-state index contributed by atoms with van der Waals surface area (Å²) in [5, 5.41) is 7.44. The Kier molecular flexibility index (Phi) is 4.01. The van der Waals surface area contributed by atoms with Crippen molar-refractivity contribution in [3.63, 3.8) is 0 Å². The van der Waals surface area contributed by atoms with Gasteiger partial charge in [0.05, 0.1) is 12.7 Å². The van der Waals surface area contributed by atoms with Crippen LogP contribution in [0.15, 0.2) is 24.4 Å². The number of hydrogen-bond acceptors (Lipinski definition) is 3. The van der Waals surface area contributed by atoms with Gasteiger partial charge in [0, 0.05) is 10.0 Å². The van der Waals surface area contributed by atoms with E-state index >= 15 is 0 Å². The quantitative estimate of drug-likeness (QED) is 0.813. The minimum Gasteiger partial charge on any atom is -0.282 e. The van der Waals surface area contributed by atoms with Gasteiger partial charge in [0.1, 0.15) is 0 Å². The van der Waals surface area contributed by atoms with E-state index in [4.69, 9.17) is 23.2 Å². The predicted molar refractivity (Wildman–Crippen MR) is 66.0 cm³/mol. The Morgan fingerprint density at radius 1 is 1.30 bits per heavy atom. The lowest BCUT2D eigenvalue weighted by Gasteiger charge is -2.04. The first kappa shape index (κ1) is 14.8. The van der Waals surface area contributed by atoms with Crippen molar-refractivity contribution in [3.05, 3.63) is 45.7 Å². The smallest absolute Gasteiger partial charge is 0.282 e. The number of benzene rings is 1. The van der Waals surface area contributed by atoms with Gasteiger partial charge in [-0.3, -0.25) is 4.79 Å². The van der Waals surface area contributed by atoms with E-state index < -0.39 is 17.7 Å². The van der Waals surface area contributed by atoms with Crippen LogP contribution in [0.2, 0.25) is 10.0 Å². The van der Waals surface area contributed by atoms with E-state index in [1.165, 1.54) is 6.07 Å². The van der Waals surface area contributed by atoms with Crippen LogP contribution >= 0.6 is 23.2 Å². The summed E-state index contributed by atoms with van der Waals surface area (Å²) in [6.45, 7) is 0.0775. The number of Topliss-reactive ketones (excluding diaryl/α,β-unsaturated/α-hetero) is 1. The van der Waals surface area contributed by atoms with Crippen LogP contribution in [0.4, 0.5) is 13.2 Å². The summed E-state index contributed by atoms with van der Waals surface area (Å²) in [4.78, 5) is 11.0. The molecule has 1 heterocycles. The van der Waals surface area contributed by atoms with E-state index in [-0.39, 0.29) is 6.54 Å². The summed E-state index contributed by atoms with van der Waals surface area (Å²) in [5.41, 5.74) is -0.172. The molecule has 0 bridgehead atoms. The molecule has 0 aliphatic carbocycles. The summed E-state index contributed by atoms with van der Waals surface area (Å²) < 4.78 is 37.7. The molecule has 0 N–H and O–H groups in total. The minimum atomic E-state index is -4.97. The SMILES string of the molecule is O=C(c1cn(Cc2ccc(Cl)cc2Cl)nn1)C(F)(F)F. The third kappa shape index (κ3) is 3.29. The lowest BCUT2D eigenvalue weighted by molar-refractivity contribution is -0.0888.